The Morgan fingerprint density at radius 2 is 2.10 bits per heavy atom. The van der Waals surface area contributed by atoms with Crippen LogP contribution in [0.5, 0.6) is 0 Å². The molecule has 0 saturated carbocycles. The number of benzene rings is 1. The zero-order valence-corrected chi connectivity index (χ0v) is 16.0. The first-order chi connectivity index (χ1) is 14.1. The minimum absolute atomic E-state index is 0.00378. The average molecular weight is 391 g/mol. The van der Waals surface area contributed by atoms with Crippen molar-refractivity contribution in [2.45, 2.75) is 18.1 Å². The number of hydrogen-bond acceptors (Lipinski definition) is 5. The molecule has 0 aliphatic carbocycles. The Morgan fingerprint density at radius 1 is 1.28 bits per heavy atom. The van der Waals surface area contributed by atoms with E-state index in [9.17, 15) is 9.59 Å². The minimum Gasteiger partial charge on any atom is -0.364 e. The van der Waals surface area contributed by atoms with E-state index >= 15 is 0 Å². The van der Waals surface area contributed by atoms with Gasteiger partial charge in [0.25, 0.3) is 5.91 Å². The highest BCUT2D eigenvalue weighted by molar-refractivity contribution is 5.96. The lowest BCUT2D eigenvalue weighted by molar-refractivity contribution is -0.150. The molecule has 1 aromatic carbocycles. The maximum absolute atomic E-state index is 13.2. The monoisotopic (exact) mass is 391 g/mol. The number of nitrogens with zero attached hydrogens (tertiary/aromatic N) is 4. The molecule has 8 nitrogen and oxygen atoms in total. The second-order valence-corrected chi connectivity index (χ2v) is 7.58. The van der Waals surface area contributed by atoms with E-state index in [0.717, 1.165) is 16.6 Å². The van der Waals surface area contributed by atoms with Gasteiger partial charge in [-0.3, -0.25) is 19.3 Å². The Bertz CT molecular complexity index is 1100. The predicted molar refractivity (Wildman–Crippen MR) is 105 cm³/mol. The third-order valence-electron chi connectivity index (χ3n) is 5.91. The number of rotatable bonds is 2. The quantitative estimate of drug-likeness (QED) is 0.710. The molecule has 0 bridgehead atoms. The molecule has 2 aliphatic heterocycles. The Balaban J connectivity index is 1.44. The topological polar surface area (TPSA) is 89.4 Å². The van der Waals surface area contributed by atoms with Gasteiger partial charge in [0.2, 0.25) is 5.91 Å². The molecule has 29 heavy (non-hydrogen) atoms. The number of hydrogen-bond donors (Lipinski definition) is 1. The van der Waals surface area contributed by atoms with Crippen molar-refractivity contribution in [2.75, 3.05) is 19.7 Å². The van der Waals surface area contributed by atoms with E-state index in [1.165, 1.54) is 0 Å². The number of carbonyl (C=O) groups excluding carboxylic acids is 2. The van der Waals surface area contributed by atoms with E-state index in [-0.39, 0.29) is 24.5 Å². The summed E-state index contributed by atoms with van der Waals surface area (Å²) >= 11 is 0. The summed E-state index contributed by atoms with van der Waals surface area (Å²) < 4.78 is 7.61. The van der Waals surface area contributed by atoms with Gasteiger partial charge in [0.05, 0.1) is 22.8 Å². The van der Waals surface area contributed by atoms with Crippen molar-refractivity contribution in [3.8, 4) is 0 Å². The molecule has 5 rings (SSSR count). The molecule has 2 aromatic heterocycles. The van der Waals surface area contributed by atoms with Crippen molar-refractivity contribution in [1.82, 2.24) is 25.0 Å². The molecule has 4 heterocycles. The van der Waals surface area contributed by atoms with Crippen LogP contribution in [0, 0.1) is 0 Å². The number of aryl methyl sites for hydroxylation is 1. The number of carbonyl (C=O) groups is 2. The van der Waals surface area contributed by atoms with Crippen molar-refractivity contribution in [3.63, 3.8) is 0 Å². The van der Waals surface area contributed by atoms with Crippen LogP contribution >= 0.6 is 0 Å². The SMILES string of the molecule is Cn1ncc2ncc(C(=O)N3CC[C@@]4(c5ccccc5)NC(=O)CO[C@@H]4C3)cc21. The molecule has 2 fully saturated rings. The summed E-state index contributed by atoms with van der Waals surface area (Å²) in [6.07, 6.45) is 3.54. The molecule has 2 saturated heterocycles. The zero-order valence-electron chi connectivity index (χ0n) is 16.0. The Kier molecular flexibility index (Phi) is 4.09. The summed E-state index contributed by atoms with van der Waals surface area (Å²) in [5, 5.41) is 7.33. The molecule has 2 amide bonds. The highest BCUT2D eigenvalue weighted by Gasteiger charge is 2.49. The Morgan fingerprint density at radius 3 is 2.93 bits per heavy atom. The van der Waals surface area contributed by atoms with Crippen LogP contribution in [0.2, 0.25) is 0 Å². The number of aromatic nitrogens is 3. The lowest BCUT2D eigenvalue weighted by atomic mass is 9.77. The van der Waals surface area contributed by atoms with Gasteiger partial charge in [0.15, 0.2) is 0 Å². The van der Waals surface area contributed by atoms with Crippen molar-refractivity contribution in [3.05, 3.63) is 59.9 Å². The summed E-state index contributed by atoms with van der Waals surface area (Å²) in [4.78, 5) is 31.4. The largest absolute Gasteiger partial charge is 0.364 e. The lowest BCUT2D eigenvalue weighted by Gasteiger charge is -2.50. The molecule has 8 heteroatoms. The summed E-state index contributed by atoms with van der Waals surface area (Å²) in [6, 6.07) is 11.7. The van der Waals surface area contributed by atoms with E-state index in [1.54, 1.807) is 22.0 Å². The second-order valence-electron chi connectivity index (χ2n) is 7.58. The van der Waals surface area contributed by atoms with Gasteiger partial charge in [-0.25, -0.2) is 0 Å². The molecule has 2 aliphatic rings. The second kappa shape index (κ2) is 6.66. The van der Waals surface area contributed by atoms with Gasteiger partial charge >= 0.3 is 0 Å². The first kappa shape index (κ1) is 17.8. The van der Waals surface area contributed by atoms with Crippen LogP contribution in [-0.4, -0.2) is 57.3 Å². The molecular formula is C21H21N5O3. The summed E-state index contributed by atoms with van der Waals surface area (Å²) in [5.41, 5.74) is 2.48. The average Bonchev–Trinajstić information content (AvgIpc) is 3.13. The van der Waals surface area contributed by atoms with Gasteiger partial charge in [-0.1, -0.05) is 30.3 Å². The number of morpholine rings is 1. The Labute approximate surface area is 167 Å². The van der Waals surface area contributed by atoms with Gasteiger partial charge in [-0.2, -0.15) is 5.10 Å². The molecular weight excluding hydrogens is 370 g/mol. The number of ether oxygens (including phenoxy) is 1. The molecule has 0 spiro atoms. The molecule has 148 valence electrons. The molecule has 2 atom stereocenters. The van der Waals surface area contributed by atoms with Crippen LogP contribution in [0.4, 0.5) is 0 Å². The van der Waals surface area contributed by atoms with E-state index < -0.39 is 5.54 Å². The maximum Gasteiger partial charge on any atom is 0.255 e. The predicted octanol–water partition coefficient (Wildman–Crippen LogP) is 1.22. The van der Waals surface area contributed by atoms with E-state index in [4.69, 9.17) is 4.74 Å². The number of likely N-dealkylation sites (tertiary alicyclic amines) is 1. The maximum atomic E-state index is 13.2. The van der Waals surface area contributed by atoms with Gasteiger partial charge in [0, 0.05) is 26.3 Å². The van der Waals surface area contributed by atoms with E-state index in [1.807, 2.05) is 43.4 Å². The fourth-order valence-corrected chi connectivity index (χ4v) is 4.37. The lowest BCUT2D eigenvalue weighted by Crippen LogP contribution is -2.67. The third kappa shape index (κ3) is 2.87. The van der Waals surface area contributed by atoms with Gasteiger partial charge < -0.3 is 15.0 Å². The number of amides is 2. The van der Waals surface area contributed by atoms with E-state index in [0.29, 0.717) is 25.1 Å². The summed E-state index contributed by atoms with van der Waals surface area (Å²) in [7, 11) is 1.83. The number of nitrogens with one attached hydrogen (secondary N) is 1. The highest BCUT2D eigenvalue weighted by atomic mass is 16.5. The van der Waals surface area contributed by atoms with Crippen LogP contribution in [-0.2, 0) is 22.1 Å². The fourth-order valence-electron chi connectivity index (χ4n) is 4.37. The number of piperidine rings is 1. The van der Waals surface area contributed by atoms with Crippen LogP contribution in [0.3, 0.4) is 0 Å². The van der Waals surface area contributed by atoms with Crippen LogP contribution in [0.1, 0.15) is 22.3 Å². The van der Waals surface area contributed by atoms with Crippen molar-refractivity contribution >= 4 is 22.8 Å². The van der Waals surface area contributed by atoms with Crippen molar-refractivity contribution in [1.29, 1.82) is 0 Å². The molecule has 3 aromatic rings. The van der Waals surface area contributed by atoms with Gasteiger partial charge in [-0.15, -0.1) is 0 Å². The number of fused-ring (bicyclic) bond motifs is 2. The fraction of sp³-hybridized carbons (Fsp3) is 0.333. The first-order valence-electron chi connectivity index (χ1n) is 9.62. The normalized spacial score (nSPS) is 24.2. The molecule has 1 N–H and O–H groups in total. The van der Waals surface area contributed by atoms with Crippen LogP contribution in [0.25, 0.3) is 11.0 Å². The standard InChI is InChI=1S/C21H21N5O3/c1-25-17-9-14(10-22-16(17)11-23-25)20(28)26-8-7-21(15-5-3-2-4-6-15)18(12-26)29-13-19(27)24-21/h2-6,9-11,18H,7-8,12-13H2,1H3,(H,24,27)/t18-,21+/m1/s1. The van der Waals surface area contributed by atoms with Crippen LogP contribution in [0.15, 0.2) is 48.8 Å². The number of pyridine rings is 1. The van der Waals surface area contributed by atoms with Gasteiger partial charge in [0.1, 0.15) is 18.2 Å². The Hall–Kier alpha value is -3.26. The summed E-state index contributed by atoms with van der Waals surface area (Å²) in [6.45, 7) is 0.915. The first-order valence-corrected chi connectivity index (χ1v) is 9.62. The minimum atomic E-state index is -0.613. The summed E-state index contributed by atoms with van der Waals surface area (Å²) in [5.74, 6) is -0.224. The molecule has 0 radical (unpaired) electrons. The highest BCUT2D eigenvalue weighted by Crippen LogP contribution is 2.37. The van der Waals surface area contributed by atoms with Gasteiger partial charge in [-0.05, 0) is 18.1 Å². The smallest absolute Gasteiger partial charge is 0.255 e. The van der Waals surface area contributed by atoms with Crippen LogP contribution < -0.4 is 5.32 Å². The molecule has 0 unspecified atom stereocenters. The van der Waals surface area contributed by atoms with Crippen molar-refractivity contribution in [2.24, 2.45) is 7.05 Å². The zero-order chi connectivity index (χ0) is 20.0. The van der Waals surface area contributed by atoms with Crippen molar-refractivity contribution < 1.29 is 14.3 Å². The van der Waals surface area contributed by atoms with E-state index in [2.05, 4.69) is 15.4 Å². The third-order valence-corrected chi connectivity index (χ3v) is 5.91.